The molecule has 0 aliphatic rings. The van der Waals surface area contributed by atoms with Crippen molar-refractivity contribution in [2.45, 2.75) is 6.18 Å². The topological polar surface area (TPSA) is 55.4 Å². The van der Waals surface area contributed by atoms with Gasteiger partial charge in [-0.2, -0.15) is 13.2 Å². The lowest BCUT2D eigenvalue weighted by atomic mass is 10.1. The summed E-state index contributed by atoms with van der Waals surface area (Å²) < 4.78 is 42.2. The van der Waals surface area contributed by atoms with Crippen molar-refractivity contribution in [2.75, 3.05) is 12.4 Å². The Labute approximate surface area is 141 Å². The normalized spacial score (nSPS) is 11.4. The van der Waals surface area contributed by atoms with Crippen LogP contribution in [-0.4, -0.2) is 25.0 Å². The van der Waals surface area contributed by atoms with Crippen LogP contribution in [-0.2, 0) is 4.79 Å². The number of halogens is 3. The number of ketones is 1. The van der Waals surface area contributed by atoms with E-state index >= 15 is 0 Å². The van der Waals surface area contributed by atoms with E-state index in [0.29, 0.717) is 11.3 Å². The van der Waals surface area contributed by atoms with Crippen LogP contribution in [0.25, 0.3) is 6.08 Å². The lowest BCUT2D eigenvalue weighted by Crippen LogP contribution is -2.30. The minimum atomic E-state index is -5.03. The van der Waals surface area contributed by atoms with Gasteiger partial charge in [0.2, 0.25) is 0 Å². The Morgan fingerprint density at radius 2 is 1.68 bits per heavy atom. The molecule has 0 aliphatic carbocycles. The van der Waals surface area contributed by atoms with Crippen LogP contribution >= 0.6 is 0 Å². The number of carbonyl (C=O) groups is 2. The first kappa shape index (κ1) is 18.3. The maximum atomic E-state index is 12.4. The minimum Gasteiger partial charge on any atom is -0.497 e. The maximum absolute atomic E-state index is 12.4. The predicted octanol–water partition coefficient (Wildman–Crippen LogP) is 4.09. The molecule has 2 aromatic rings. The van der Waals surface area contributed by atoms with Gasteiger partial charge >= 0.3 is 12.1 Å². The molecule has 0 unspecified atom stereocenters. The second kappa shape index (κ2) is 7.65. The molecule has 7 heteroatoms. The van der Waals surface area contributed by atoms with Gasteiger partial charge in [-0.15, -0.1) is 0 Å². The zero-order valence-electron chi connectivity index (χ0n) is 13.1. The molecule has 0 aromatic heterocycles. The molecule has 25 heavy (non-hydrogen) atoms. The third kappa shape index (κ3) is 4.94. The van der Waals surface area contributed by atoms with Crippen LogP contribution in [0.4, 0.5) is 18.9 Å². The average Bonchev–Trinajstić information content (AvgIpc) is 2.59. The van der Waals surface area contributed by atoms with Crippen molar-refractivity contribution in [2.24, 2.45) is 0 Å². The molecule has 0 radical (unpaired) electrons. The van der Waals surface area contributed by atoms with Gasteiger partial charge in [-0.1, -0.05) is 30.3 Å². The highest BCUT2D eigenvalue weighted by atomic mass is 19.4. The van der Waals surface area contributed by atoms with Crippen molar-refractivity contribution in [1.82, 2.24) is 0 Å². The number of allylic oxidation sites excluding steroid dienone is 1. The summed E-state index contributed by atoms with van der Waals surface area (Å²) in [7, 11) is 1.53. The summed E-state index contributed by atoms with van der Waals surface area (Å²) in [6.45, 7) is 0. The predicted molar refractivity (Wildman–Crippen MR) is 87.5 cm³/mol. The van der Waals surface area contributed by atoms with Crippen molar-refractivity contribution in [3.8, 4) is 5.75 Å². The number of ether oxygens (including phenoxy) is 1. The lowest BCUT2D eigenvalue weighted by molar-refractivity contribution is -0.167. The highest BCUT2D eigenvalue weighted by Gasteiger charge is 2.39. The molecule has 0 atom stereocenters. The van der Waals surface area contributed by atoms with Gasteiger partial charge in [0.05, 0.1) is 12.8 Å². The summed E-state index contributed by atoms with van der Waals surface area (Å²) in [4.78, 5) is 23.3. The maximum Gasteiger partial charge on any atom is 0.471 e. The second-order valence-electron chi connectivity index (χ2n) is 4.97. The van der Waals surface area contributed by atoms with E-state index in [0.717, 1.165) is 0 Å². The van der Waals surface area contributed by atoms with E-state index < -0.39 is 17.9 Å². The molecule has 0 fully saturated rings. The van der Waals surface area contributed by atoms with Crippen LogP contribution in [0.2, 0.25) is 0 Å². The van der Waals surface area contributed by atoms with Gasteiger partial charge in [-0.25, -0.2) is 0 Å². The van der Waals surface area contributed by atoms with Crippen LogP contribution in [0.15, 0.2) is 54.6 Å². The van der Waals surface area contributed by atoms with Crippen LogP contribution in [0, 0.1) is 0 Å². The monoisotopic (exact) mass is 349 g/mol. The summed E-state index contributed by atoms with van der Waals surface area (Å²) in [6, 6.07) is 12.4. The molecule has 1 N–H and O–H groups in total. The van der Waals surface area contributed by atoms with E-state index in [2.05, 4.69) is 0 Å². The van der Waals surface area contributed by atoms with Gasteiger partial charge < -0.3 is 10.1 Å². The molecule has 0 heterocycles. The van der Waals surface area contributed by atoms with Gasteiger partial charge in [-0.3, -0.25) is 9.59 Å². The van der Waals surface area contributed by atoms with Crippen molar-refractivity contribution in [1.29, 1.82) is 0 Å². The van der Waals surface area contributed by atoms with Gasteiger partial charge in [0, 0.05) is 5.56 Å². The number of carbonyl (C=O) groups excluding carboxylic acids is 2. The summed E-state index contributed by atoms with van der Waals surface area (Å²) in [5.74, 6) is -2.01. The molecular formula is C18H14F3NO3. The Morgan fingerprint density at radius 3 is 2.28 bits per heavy atom. The zero-order valence-corrected chi connectivity index (χ0v) is 13.1. The van der Waals surface area contributed by atoms with E-state index in [-0.39, 0.29) is 11.3 Å². The first-order valence-electron chi connectivity index (χ1n) is 7.15. The SMILES string of the molecule is COc1ccc(/C=C/C(=O)c2ccccc2NC(=O)C(F)(F)F)cc1. The fourth-order valence-corrected chi connectivity index (χ4v) is 1.98. The average molecular weight is 349 g/mol. The Morgan fingerprint density at radius 1 is 1.04 bits per heavy atom. The molecule has 1 amide bonds. The molecule has 0 saturated carbocycles. The van der Waals surface area contributed by atoms with Crippen molar-refractivity contribution in [3.63, 3.8) is 0 Å². The Bertz CT molecular complexity index is 796. The van der Waals surface area contributed by atoms with Crippen LogP contribution in [0.1, 0.15) is 15.9 Å². The number of hydrogen-bond donors (Lipinski definition) is 1. The van der Waals surface area contributed by atoms with Gasteiger partial charge in [0.1, 0.15) is 5.75 Å². The van der Waals surface area contributed by atoms with E-state index in [1.54, 1.807) is 29.6 Å². The van der Waals surface area contributed by atoms with Crippen LogP contribution < -0.4 is 10.1 Å². The van der Waals surface area contributed by atoms with Gasteiger partial charge in [0.15, 0.2) is 5.78 Å². The number of hydrogen-bond acceptors (Lipinski definition) is 3. The standard InChI is InChI=1S/C18H14F3NO3/c1-25-13-9-6-12(7-10-13)8-11-16(23)14-4-2-3-5-15(14)22-17(24)18(19,20)21/h2-11H,1H3,(H,22,24)/b11-8+. The molecule has 4 nitrogen and oxygen atoms in total. The molecular weight excluding hydrogens is 335 g/mol. The first-order valence-corrected chi connectivity index (χ1v) is 7.15. The van der Waals surface area contributed by atoms with Gasteiger partial charge in [0.25, 0.3) is 0 Å². The summed E-state index contributed by atoms with van der Waals surface area (Å²) >= 11 is 0. The Balaban J connectivity index is 2.18. The number of nitrogens with one attached hydrogen (secondary N) is 1. The van der Waals surface area contributed by atoms with Crippen molar-refractivity contribution in [3.05, 3.63) is 65.7 Å². The van der Waals surface area contributed by atoms with E-state index in [4.69, 9.17) is 4.74 Å². The smallest absolute Gasteiger partial charge is 0.471 e. The first-order chi connectivity index (χ1) is 11.8. The van der Waals surface area contributed by atoms with Crippen molar-refractivity contribution < 1.29 is 27.5 Å². The highest BCUT2D eigenvalue weighted by molar-refractivity contribution is 6.12. The number of amides is 1. The molecule has 130 valence electrons. The molecule has 2 rings (SSSR count). The number of alkyl halides is 3. The van der Waals surface area contributed by atoms with E-state index in [1.165, 1.54) is 43.5 Å². The Kier molecular flexibility index (Phi) is 5.59. The number of anilines is 1. The molecule has 0 saturated heterocycles. The lowest BCUT2D eigenvalue weighted by Gasteiger charge is -2.10. The largest absolute Gasteiger partial charge is 0.497 e. The van der Waals surface area contributed by atoms with Crippen molar-refractivity contribution >= 4 is 23.5 Å². The fraction of sp³-hybridized carbons (Fsp3) is 0.111. The minimum absolute atomic E-state index is 0.0372. The Hall–Kier alpha value is -3.09. The number of benzene rings is 2. The molecule has 0 spiro atoms. The number of rotatable bonds is 5. The zero-order chi connectivity index (χ0) is 18.4. The third-order valence-electron chi connectivity index (χ3n) is 3.24. The summed E-state index contributed by atoms with van der Waals surface area (Å²) in [5, 5.41) is 1.71. The molecule has 0 aliphatic heterocycles. The summed E-state index contributed by atoms with van der Waals surface area (Å²) in [5.41, 5.74) is 0.477. The van der Waals surface area contributed by atoms with Crippen LogP contribution in [0.3, 0.4) is 0 Å². The molecule has 0 bridgehead atoms. The van der Waals surface area contributed by atoms with E-state index in [9.17, 15) is 22.8 Å². The third-order valence-corrected chi connectivity index (χ3v) is 3.24. The van der Waals surface area contributed by atoms with Gasteiger partial charge in [-0.05, 0) is 35.9 Å². The van der Waals surface area contributed by atoms with Crippen LogP contribution in [0.5, 0.6) is 5.75 Å². The second-order valence-corrected chi connectivity index (χ2v) is 4.97. The quantitative estimate of drug-likeness (QED) is 0.653. The number of para-hydroxylation sites is 1. The number of methoxy groups -OCH3 is 1. The van der Waals surface area contributed by atoms with E-state index in [1.807, 2.05) is 0 Å². The summed E-state index contributed by atoms with van der Waals surface area (Å²) in [6.07, 6.45) is -2.29. The fourth-order valence-electron chi connectivity index (χ4n) is 1.98. The molecule has 2 aromatic carbocycles. The highest BCUT2D eigenvalue weighted by Crippen LogP contribution is 2.22.